The third-order valence-electron chi connectivity index (χ3n) is 4.57. The van der Waals surface area contributed by atoms with Gasteiger partial charge in [0.1, 0.15) is 0 Å². The Morgan fingerprint density at radius 1 is 0.960 bits per heavy atom. The molecule has 0 N–H and O–H groups in total. The Hall–Kier alpha value is -1.91. The van der Waals surface area contributed by atoms with Crippen LogP contribution in [0.1, 0.15) is 27.7 Å². The van der Waals surface area contributed by atoms with Crippen molar-refractivity contribution in [3.8, 4) is 0 Å². The zero-order valence-corrected chi connectivity index (χ0v) is 16.8. The zero-order chi connectivity index (χ0) is 18.5. The molecule has 0 heterocycles. The first-order valence-corrected chi connectivity index (χ1v) is 10.6. The summed E-state index contributed by atoms with van der Waals surface area (Å²) in [5.74, 6) is -0.537. The van der Waals surface area contributed by atoms with E-state index in [2.05, 4.69) is 69.3 Å². The van der Waals surface area contributed by atoms with Gasteiger partial charge in [0.2, 0.25) is 0 Å². The predicted octanol–water partition coefficient (Wildman–Crippen LogP) is 3.37. The smallest absolute Gasteiger partial charge is 0.310 e. The van der Waals surface area contributed by atoms with Crippen molar-refractivity contribution in [2.75, 3.05) is 13.7 Å². The molecule has 25 heavy (non-hydrogen) atoms. The third kappa shape index (κ3) is 4.02. The summed E-state index contributed by atoms with van der Waals surface area (Å²) in [5.41, 5.74) is 0. The second kappa shape index (κ2) is 7.98. The highest BCUT2D eigenvalue weighted by molar-refractivity contribution is 6.99. The largest absolute Gasteiger partial charge is 0.469 e. The normalized spacial score (nSPS) is 13.3. The number of benzene rings is 2. The first-order chi connectivity index (χ1) is 11.8. The van der Waals surface area contributed by atoms with Crippen molar-refractivity contribution in [2.24, 2.45) is 5.92 Å². The minimum atomic E-state index is -2.58. The van der Waals surface area contributed by atoms with Crippen LogP contribution in [0, 0.1) is 5.92 Å². The minimum Gasteiger partial charge on any atom is -0.469 e. The Morgan fingerprint density at radius 2 is 1.40 bits per heavy atom. The van der Waals surface area contributed by atoms with Gasteiger partial charge in [-0.15, -0.1) is 0 Å². The van der Waals surface area contributed by atoms with Gasteiger partial charge >= 0.3 is 5.97 Å². The van der Waals surface area contributed by atoms with Crippen LogP contribution in [0.2, 0.25) is 5.04 Å². The van der Waals surface area contributed by atoms with E-state index in [9.17, 15) is 4.79 Å². The first kappa shape index (κ1) is 19.4. The highest BCUT2D eigenvalue weighted by Gasteiger charge is 2.50. The summed E-state index contributed by atoms with van der Waals surface area (Å²) in [6.07, 6.45) is 0. The lowest BCUT2D eigenvalue weighted by molar-refractivity contribution is -0.145. The highest BCUT2D eigenvalue weighted by Crippen LogP contribution is 2.37. The maximum absolute atomic E-state index is 11.9. The van der Waals surface area contributed by atoms with Crippen molar-refractivity contribution in [3.63, 3.8) is 0 Å². The van der Waals surface area contributed by atoms with Crippen molar-refractivity contribution in [3.05, 3.63) is 60.7 Å². The Labute approximate surface area is 152 Å². The van der Waals surface area contributed by atoms with Crippen molar-refractivity contribution >= 4 is 24.7 Å². The van der Waals surface area contributed by atoms with E-state index in [1.54, 1.807) is 0 Å². The van der Waals surface area contributed by atoms with Crippen molar-refractivity contribution < 1.29 is 14.0 Å². The average molecular weight is 357 g/mol. The van der Waals surface area contributed by atoms with Crippen molar-refractivity contribution in [1.82, 2.24) is 0 Å². The van der Waals surface area contributed by atoms with E-state index in [4.69, 9.17) is 9.16 Å². The SMILES string of the molecule is COC(=O)[C@@H](C)CO[Si](c1ccccc1)(c1ccccc1)C(C)(C)C. The molecule has 0 aliphatic carbocycles. The van der Waals surface area contributed by atoms with Crippen molar-refractivity contribution in [1.29, 1.82) is 0 Å². The van der Waals surface area contributed by atoms with Crippen LogP contribution in [0.4, 0.5) is 0 Å². The summed E-state index contributed by atoms with van der Waals surface area (Å²) in [4.78, 5) is 11.9. The number of ether oxygens (including phenoxy) is 1. The van der Waals surface area contributed by atoms with E-state index in [0.717, 1.165) is 0 Å². The molecule has 0 saturated heterocycles. The number of methoxy groups -OCH3 is 1. The lowest BCUT2D eigenvalue weighted by Gasteiger charge is -2.43. The summed E-state index contributed by atoms with van der Waals surface area (Å²) in [6, 6.07) is 20.8. The van der Waals surface area contributed by atoms with Gasteiger partial charge in [0, 0.05) is 6.61 Å². The van der Waals surface area contributed by atoms with E-state index in [1.807, 2.05) is 19.1 Å². The molecule has 0 aliphatic heterocycles. The number of carbonyl (C=O) groups is 1. The summed E-state index contributed by atoms with van der Waals surface area (Å²) in [5, 5.41) is 2.34. The third-order valence-corrected chi connectivity index (χ3v) is 9.58. The molecule has 0 radical (unpaired) electrons. The second-order valence-electron chi connectivity index (χ2n) is 7.40. The van der Waals surface area contributed by atoms with Gasteiger partial charge in [0.15, 0.2) is 0 Å². The molecule has 0 bridgehead atoms. The maximum atomic E-state index is 11.9. The van der Waals surface area contributed by atoms with E-state index >= 15 is 0 Å². The number of esters is 1. The molecular formula is C21H28O3Si. The topological polar surface area (TPSA) is 35.5 Å². The van der Waals surface area contributed by atoms with Crippen LogP contribution in [0.5, 0.6) is 0 Å². The Morgan fingerprint density at radius 3 is 1.76 bits per heavy atom. The standard InChI is InChI=1S/C21H28O3Si/c1-17(20(22)23-5)16-24-25(21(2,3)4,18-12-8-6-9-13-18)19-14-10-7-11-15-19/h6-15,17H,16H2,1-5H3/t17-/m0/s1. The number of carbonyl (C=O) groups excluding carboxylic acids is 1. The molecule has 0 aliphatic rings. The number of rotatable bonds is 6. The van der Waals surface area contributed by atoms with Gasteiger partial charge in [-0.2, -0.15) is 0 Å². The Kier molecular flexibility index (Phi) is 6.19. The molecule has 2 rings (SSSR count). The van der Waals surface area contributed by atoms with E-state index < -0.39 is 8.32 Å². The zero-order valence-electron chi connectivity index (χ0n) is 15.8. The number of hydrogen-bond acceptors (Lipinski definition) is 3. The lowest BCUT2D eigenvalue weighted by atomic mass is 10.2. The average Bonchev–Trinajstić information content (AvgIpc) is 2.62. The summed E-state index contributed by atoms with van der Waals surface area (Å²) in [7, 11) is -1.16. The van der Waals surface area contributed by atoms with Gasteiger partial charge in [0.25, 0.3) is 8.32 Å². The second-order valence-corrected chi connectivity index (χ2v) is 11.7. The van der Waals surface area contributed by atoms with Crippen LogP contribution in [0.25, 0.3) is 0 Å². The molecule has 0 amide bonds. The van der Waals surface area contributed by atoms with Crippen LogP contribution < -0.4 is 10.4 Å². The maximum Gasteiger partial charge on any atom is 0.310 e. The summed E-state index contributed by atoms with van der Waals surface area (Å²) in [6.45, 7) is 8.87. The molecule has 2 aromatic rings. The van der Waals surface area contributed by atoms with Crippen LogP contribution in [-0.4, -0.2) is 28.0 Å². The molecule has 0 aromatic heterocycles. The van der Waals surface area contributed by atoms with E-state index in [0.29, 0.717) is 6.61 Å². The van der Waals surface area contributed by atoms with Crippen LogP contribution in [0.15, 0.2) is 60.7 Å². The molecule has 134 valence electrons. The Balaban J connectivity index is 2.55. The fourth-order valence-corrected chi connectivity index (χ4v) is 7.94. The molecule has 0 spiro atoms. The monoisotopic (exact) mass is 356 g/mol. The van der Waals surface area contributed by atoms with E-state index in [-0.39, 0.29) is 16.9 Å². The molecule has 4 heteroatoms. The van der Waals surface area contributed by atoms with Gasteiger partial charge in [0.05, 0.1) is 13.0 Å². The fraction of sp³-hybridized carbons (Fsp3) is 0.381. The molecule has 0 fully saturated rings. The molecule has 1 atom stereocenters. The molecule has 0 saturated carbocycles. The van der Waals surface area contributed by atoms with Gasteiger partial charge in [-0.1, -0.05) is 81.4 Å². The van der Waals surface area contributed by atoms with Gasteiger partial charge in [-0.05, 0) is 22.3 Å². The lowest BCUT2D eigenvalue weighted by Crippen LogP contribution is -2.67. The van der Waals surface area contributed by atoms with Gasteiger partial charge in [-0.3, -0.25) is 4.79 Å². The molecule has 0 unspecified atom stereocenters. The van der Waals surface area contributed by atoms with Crippen molar-refractivity contribution in [2.45, 2.75) is 32.7 Å². The molecular weight excluding hydrogens is 328 g/mol. The summed E-state index contributed by atoms with van der Waals surface area (Å²) < 4.78 is 11.6. The first-order valence-electron chi connectivity index (χ1n) is 8.65. The van der Waals surface area contributed by atoms with Crippen LogP contribution >= 0.6 is 0 Å². The van der Waals surface area contributed by atoms with Crippen LogP contribution in [-0.2, 0) is 14.0 Å². The van der Waals surface area contributed by atoms with Crippen LogP contribution in [0.3, 0.4) is 0 Å². The molecule has 3 nitrogen and oxygen atoms in total. The van der Waals surface area contributed by atoms with Gasteiger partial charge in [-0.25, -0.2) is 0 Å². The number of hydrogen-bond donors (Lipinski definition) is 0. The predicted molar refractivity (Wildman–Crippen MR) is 105 cm³/mol. The quantitative estimate of drug-likeness (QED) is 0.588. The van der Waals surface area contributed by atoms with Gasteiger partial charge < -0.3 is 9.16 Å². The van der Waals surface area contributed by atoms with E-state index in [1.165, 1.54) is 17.5 Å². The Bertz CT molecular complexity index is 638. The highest BCUT2D eigenvalue weighted by atomic mass is 28.4. The fourth-order valence-electron chi connectivity index (χ4n) is 3.28. The summed E-state index contributed by atoms with van der Waals surface area (Å²) >= 11 is 0. The molecule has 2 aromatic carbocycles. The minimum absolute atomic E-state index is 0.0917.